The van der Waals surface area contributed by atoms with Gasteiger partial charge in [-0.3, -0.25) is 4.79 Å². The van der Waals surface area contributed by atoms with Crippen molar-refractivity contribution >= 4 is 44.0 Å². The van der Waals surface area contributed by atoms with E-state index < -0.39 is 0 Å². The molecule has 5 nitrogen and oxygen atoms in total. The number of carbonyl (C=O) groups is 1. The van der Waals surface area contributed by atoms with Crippen molar-refractivity contribution < 1.29 is 9.53 Å². The summed E-state index contributed by atoms with van der Waals surface area (Å²) in [5.41, 5.74) is 2.51. The number of rotatable bonds is 7. The summed E-state index contributed by atoms with van der Waals surface area (Å²) in [6.07, 6.45) is 2.99. The Bertz CT molecular complexity index is 946. The third kappa shape index (κ3) is 5.44. The van der Waals surface area contributed by atoms with Crippen LogP contribution >= 0.6 is 27.3 Å². The van der Waals surface area contributed by atoms with E-state index >= 15 is 0 Å². The number of nitrogens with one attached hydrogen (secondary N) is 2. The fraction of sp³-hybridized carbons (Fsp3) is 0.273. The van der Waals surface area contributed by atoms with Crippen LogP contribution in [0.2, 0.25) is 0 Å². The van der Waals surface area contributed by atoms with Crippen molar-refractivity contribution in [3.05, 3.63) is 75.7 Å². The summed E-state index contributed by atoms with van der Waals surface area (Å²) in [6.45, 7) is 0.565. The van der Waals surface area contributed by atoms with E-state index in [4.69, 9.17) is 4.74 Å². The number of nitrogens with zero attached hydrogens (tertiary/aromatic N) is 1. The summed E-state index contributed by atoms with van der Waals surface area (Å²) in [4.78, 5) is 17.1. The molecule has 1 aliphatic rings. The second-order valence-electron chi connectivity index (χ2n) is 7.02. The van der Waals surface area contributed by atoms with E-state index in [1.54, 1.807) is 5.38 Å². The van der Waals surface area contributed by atoms with Gasteiger partial charge in [0.1, 0.15) is 5.69 Å². The number of hydrogen-bond donors (Lipinski definition) is 2. The van der Waals surface area contributed by atoms with Gasteiger partial charge in [-0.15, -0.1) is 11.3 Å². The zero-order valence-corrected chi connectivity index (χ0v) is 18.2. The lowest BCUT2D eigenvalue weighted by Crippen LogP contribution is -2.41. The Balaban J connectivity index is 1.32. The Morgan fingerprint density at radius 3 is 2.72 bits per heavy atom. The average molecular weight is 472 g/mol. The van der Waals surface area contributed by atoms with Crippen LogP contribution in [-0.2, 0) is 11.3 Å². The lowest BCUT2D eigenvalue weighted by Gasteiger charge is -2.21. The van der Waals surface area contributed by atoms with Crippen molar-refractivity contribution in [1.82, 2.24) is 10.3 Å². The first-order chi connectivity index (χ1) is 14.2. The van der Waals surface area contributed by atoms with E-state index in [0.717, 1.165) is 35.0 Å². The average Bonchev–Trinajstić information content (AvgIpc) is 3.38. The van der Waals surface area contributed by atoms with Crippen LogP contribution in [0.1, 0.15) is 35.3 Å². The smallest absolute Gasteiger partial charge is 0.271 e. The van der Waals surface area contributed by atoms with Crippen LogP contribution in [0.25, 0.3) is 0 Å². The molecule has 2 atom stereocenters. The highest BCUT2D eigenvalue weighted by Gasteiger charge is 2.30. The number of amides is 1. The number of halogens is 1. The predicted octanol–water partition coefficient (Wildman–Crippen LogP) is 5.52. The van der Waals surface area contributed by atoms with Crippen LogP contribution in [0.15, 0.2) is 64.5 Å². The first kappa shape index (κ1) is 20.1. The zero-order chi connectivity index (χ0) is 20.1. The molecular formula is C22H22BrN3O2S. The van der Waals surface area contributed by atoms with Gasteiger partial charge in [0, 0.05) is 15.5 Å². The number of benzene rings is 2. The summed E-state index contributed by atoms with van der Waals surface area (Å²) >= 11 is 4.84. The largest absolute Gasteiger partial charge is 0.371 e. The zero-order valence-electron chi connectivity index (χ0n) is 15.8. The number of carbonyl (C=O) groups excluding carboxylic acids is 1. The molecule has 1 saturated carbocycles. The normalized spacial score (nSPS) is 18.5. The van der Waals surface area contributed by atoms with Gasteiger partial charge in [-0.05, 0) is 49.1 Å². The molecule has 1 aromatic heterocycles. The topological polar surface area (TPSA) is 63.2 Å². The first-order valence-corrected chi connectivity index (χ1v) is 11.3. The molecule has 1 amide bonds. The van der Waals surface area contributed by atoms with Crippen LogP contribution in [0.4, 0.5) is 10.8 Å². The lowest BCUT2D eigenvalue weighted by atomic mass is 10.2. The van der Waals surface area contributed by atoms with Crippen LogP contribution in [0, 0.1) is 0 Å². The molecule has 1 unspecified atom stereocenters. The van der Waals surface area contributed by atoms with E-state index in [9.17, 15) is 4.79 Å². The van der Waals surface area contributed by atoms with Crippen molar-refractivity contribution in [3.63, 3.8) is 0 Å². The highest BCUT2D eigenvalue weighted by molar-refractivity contribution is 9.10. The molecule has 0 radical (unpaired) electrons. The maximum absolute atomic E-state index is 12.7. The molecule has 150 valence electrons. The minimum Gasteiger partial charge on any atom is -0.371 e. The van der Waals surface area contributed by atoms with E-state index in [1.807, 2.05) is 42.5 Å². The number of thiazole rings is 1. The van der Waals surface area contributed by atoms with Crippen LogP contribution in [0.3, 0.4) is 0 Å². The second kappa shape index (κ2) is 9.52. The third-order valence-corrected chi connectivity index (χ3v) is 6.19. The highest BCUT2D eigenvalue weighted by Crippen LogP contribution is 2.25. The quantitative estimate of drug-likeness (QED) is 0.476. The summed E-state index contributed by atoms with van der Waals surface area (Å²) in [6, 6.07) is 18.0. The Morgan fingerprint density at radius 1 is 1.14 bits per heavy atom. The maximum atomic E-state index is 12.7. The number of hydrogen-bond acceptors (Lipinski definition) is 5. The van der Waals surface area contributed by atoms with Gasteiger partial charge in [-0.25, -0.2) is 4.98 Å². The molecule has 29 heavy (non-hydrogen) atoms. The van der Waals surface area contributed by atoms with Crippen molar-refractivity contribution in [1.29, 1.82) is 0 Å². The first-order valence-electron chi connectivity index (χ1n) is 9.62. The second-order valence-corrected chi connectivity index (χ2v) is 8.79. The molecule has 4 rings (SSSR count). The minimum atomic E-state index is -0.148. The number of aromatic nitrogens is 1. The minimum absolute atomic E-state index is 0.0239. The van der Waals surface area contributed by atoms with Gasteiger partial charge in [0.25, 0.3) is 5.91 Å². The summed E-state index contributed by atoms with van der Waals surface area (Å²) in [5, 5.41) is 8.82. The highest BCUT2D eigenvalue weighted by atomic mass is 79.9. The maximum Gasteiger partial charge on any atom is 0.271 e. The summed E-state index contributed by atoms with van der Waals surface area (Å²) in [7, 11) is 0. The lowest BCUT2D eigenvalue weighted by molar-refractivity contribution is 0.0271. The van der Waals surface area contributed by atoms with Crippen molar-refractivity contribution in [2.24, 2.45) is 0 Å². The Kier molecular flexibility index (Phi) is 6.59. The molecule has 0 aliphatic heterocycles. The molecule has 0 spiro atoms. The monoisotopic (exact) mass is 471 g/mol. The Hall–Kier alpha value is -2.22. The van der Waals surface area contributed by atoms with Crippen LogP contribution in [-0.4, -0.2) is 23.0 Å². The molecule has 1 heterocycles. The van der Waals surface area contributed by atoms with Gasteiger partial charge in [0.15, 0.2) is 5.13 Å². The van der Waals surface area contributed by atoms with Gasteiger partial charge in [-0.1, -0.05) is 46.3 Å². The number of anilines is 2. The van der Waals surface area contributed by atoms with Gasteiger partial charge >= 0.3 is 0 Å². The number of ether oxygens (including phenoxy) is 1. The fourth-order valence-electron chi connectivity index (χ4n) is 3.40. The van der Waals surface area contributed by atoms with E-state index in [-0.39, 0.29) is 18.1 Å². The van der Waals surface area contributed by atoms with Gasteiger partial charge in [0.2, 0.25) is 0 Å². The Labute approximate surface area is 182 Å². The fourth-order valence-corrected chi connectivity index (χ4v) is 4.38. The van der Waals surface area contributed by atoms with Crippen LogP contribution < -0.4 is 10.6 Å². The van der Waals surface area contributed by atoms with E-state index in [1.165, 1.54) is 11.3 Å². The SMILES string of the molecule is O=C(NC1CCC[C@H]1OCc1ccccc1)c1csc(Nc2ccc(Br)cc2)n1. The Morgan fingerprint density at radius 2 is 1.93 bits per heavy atom. The summed E-state index contributed by atoms with van der Waals surface area (Å²) in [5.74, 6) is -0.148. The van der Waals surface area contributed by atoms with E-state index in [2.05, 4.69) is 43.7 Å². The van der Waals surface area contributed by atoms with Crippen LogP contribution in [0.5, 0.6) is 0 Å². The molecular weight excluding hydrogens is 450 g/mol. The molecule has 1 aliphatic carbocycles. The van der Waals surface area contributed by atoms with Gasteiger partial charge in [0.05, 0.1) is 18.8 Å². The van der Waals surface area contributed by atoms with Gasteiger partial charge < -0.3 is 15.4 Å². The van der Waals surface area contributed by atoms with Crippen molar-refractivity contribution in [2.45, 2.75) is 38.0 Å². The molecule has 7 heteroatoms. The van der Waals surface area contributed by atoms with Crippen molar-refractivity contribution in [3.8, 4) is 0 Å². The summed E-state index contributed by atoms with van der Waals surface area (Å²) < 4.78 is 7.10. The molecule has 1 fully saturated rings. The molecule has 0 bridgehead atoms. The standard InChI is InChI=1S/C22H22BrN3O2S/c23-16-9-11-17(12-10-16)24-22-26-19(14-29-22)21(27)25-18-7-4-8-20(18)28-13-15-5-2-1-3-6-15/h1-3,5-6,9-12,14,18,20H,4,7-8,13H2,(H,24,26)(H,25,27)/t18?,20-/m1/s1. The molecule has 3 aromatic rings. The molecule has 2 aromatic carbocycles. The van der Waals surface area contributed by atoms with Gasteiger partial charge in [-0.2, -0.15) is 0 Å². The molecule has 0 saturated heterocycles. The predicted molar refractivity (Wildman–Crippen MR) is 120 cm³/mol. The van der Waals surface area contributed by atoms with Crippen molar-refractivity contribution in [2.75, 3.05) is 5.32 Å². The molecule has 2 N–H and O–H groups in total. The van der Waals surface area contributed by atoms with E-state index in [0.29, 0.717) is 17.4 Å². The third-order valence-electron chi connectivity index (χ3n) is 4.91.